The van der Waals surface area contributed by atoms with Crippen molar-refractivity contribution < 1.29 is 19.1 Å². The molecule has 1 aliphatic heterocycles. The Labute approximate surface area is 171 Å². The van der Waals surface area contributed by atoms with Crippen LogP contribution < -0.4 is 15.0 Å². The number of aryl methyl sites for hydroxylation is 1. The smallest absolute Gasteiger partial charge is 0.253 e. The summed E-state index contributed by atoms with van der Waals surface area (Å²) < 4.78 is 11.0. The van der Waals surface area contributed by atoms with Crippen molar-refractivity contribution in [2.24, 2.45) is 0 Å². The fraction of sp³-hybridized carbons (Fsp3) is 0.391. The number of carbonyl (C=O) groups excluding carboxylic acids is 2. The molecule has 0 radical (unpaired) electrons. The van der Waals surface area contributed by atoms with Crippen LogP contribution in [0.3, 0.4) is 0 Å². The van der Waals surface area contributed by atoms with Gasteiger partial charge in [-0.25, -0.2) is 0 Å². The van der Waals surface area contributed by atoms with Crippen molar-refractivity contribution in [3.05, 3.63) is 59.7 Å². The van der Waals surface area contributed by atoms with Gasteiger partial charge in [0, 0.05) is 12.2 Å². The number of ether oxygens (including phenoxy) is 2. The van der Waals surface area contributed by atoms with Crippen molar-refractivity contribution in [3.8, 4) is 5.75 Å². The minimum absolute atomic E-state index is 0.0228. The normalized spacial score (nSPS) is 16.6. The summed E-state index contributed by atoms with van der Waals surface area (Å²) >= 11 is 0. The van der Waals surface area contributed by atoms with E-state index in [1.165, 1.54) is 5.56 Å². The Morgan fingerprint density at radius 2 is 1.79 bits per heavy atom. The molecule has 1 unspecified atom stereocenters. The van der Waals surface area contributed by atoms with Gasteiger partial charge in [-0.2, -0.15) is 0 Å². The standard InChI is InChI=1S/C23H28N2O4/c1-3-17-5-9-19(10-6-17)25-15-21(29-16-23(25)27)14-24-22(26)13-18-7-11-20(12-8-18)28-4-2/h5-12,21H,3-4,13-16H2,1-2H3,(H,24,26). The van der Waals surface area contributed by atoms with E-state index in [1.54, 1.807) is 4.90 Å². The zero-order chi connectivity index (χ0) is 20.6. The van der Waals surface area contributed by atoms with Gasteiger partial charge < -0.3 is 19.7 Å². The maximum Gasteiger partial charge on any atom is 0.253 e. The summed E-state index contributed by atoms with van der Waals surface area (Å²) in [7, 11) is 0. The van der Waals surface area contributed by atoms with Crippen LogP contribution in [0.5, 0.6) is 5.75 Å². The van der Waals surface area contributed by atoms with Crippen molar-refractivity contribution >= 4 is 17.5 Å². The summed E-state index contributed by atoms with van der Waals surface area (Å²) in [5.41, 5.74) is 3.01. The molecule has 2 aromatic rings. The summed E-state index contributed by atoms with van der Waals surface area (Å²) in [6.07, 6.45) is 1.02. The number of hydrogen-bond donors (Lipinski definition) is 1. The summed E-state index contributed by atoms with van der Waals surface area (Å²) in [5.74, 6) is 0.656. The number of amides is 2. The first-order valence-electron chi connectivity index (χ1n) is 10.1. The quantitative estimate of drug-likeness (QED) is 0.745. The van der Waals surface area contributed by atoms with Crippen molar-refractivity contribution in [1.82, 2.24) is 5.32 Å². The average molecular weight is 396 g/mol. The molecule has 1 fully saturated rings. The summed E-state index contributed by atoms with van der Waals surface area (Å²) in [5, 5.41) is 2.91. The fourth-order valence-electron chi connectivity index (χ4n) is 3.26. The lowest BCUT2D eigenvalue weighted by Gasteiger charge is -2.33. The van der Waals surface area contributed by atoms with Gasteiger partial charge in [-0.15, -0.1) is 0 Å². The SMILES string of the molecule is CCOc1ccc(CC(=O)NCC2CN(c3ccc(CC)cc3)C(=O)CO2)cc1. The minimum Gasteiger partial charge on any atom is -0.494 e. The highest BCUT2D eigenvalue weighted by molar-refractivity contribution is 5.95. The topological polar surface area (TPSA) is 67.9 Å². The Hall–Kier alpha value is -2.86. The maximum absolute atomic E-state index is 12.3. The lowest BCUT2D eigenvalue weighted by Crippen LogP contribution is -2.50. The van der Waals surface area contributed by atoms with Gasteiger partial charge in [-0.05, 0) is 48.7 Å². The van der Waals surface area contributed by atoms with E-state index in [0.29, 0.717) is 26.1 Å². The third kappa shape index (κ3) is 5.81. The molecule has 29 heavy (non-hydrogen) atoms. The lowest BCUT2D eigenvalue weighted by atomic mass is 10.1. The molecule has 1 saturated heterocycles. The molecular formula is C23H28N2O4. The second-order valence-corrected chi connectivity index (χ2v) is 7.02. The van der Waals surface area contributed by atoms with Crippen molar-refractivity contribution in [1.29, 1.82) is 0 Å². The maximum atomic E-state index is 12.3. The molecule has 2 amide bonds. The number of nitrogens with zero attached hydrogens (tertiary/aromatic N) is 1. The first kappa shape index (κ1) is 20.9. The van der Waals surface area contributed by atoms with Gasteiger partial charge >= 0.3 is 0 Å². The number of anilines is 1. The Bertz CT molecular complexity index is 818. The molecule has 154 valence electrons. The molecular weight excluding hydrogens is 368 g/mol. The number of rotatable bonds is 8. The van der Waals surface area contributed by atoms with Crippen LogP contribution >= 0.6 is 0 Å². The fourth-order valence-corrected chi connectivity index (χ4v) is 3.26. The Morgan fingerprint density at radius 1 is 1.10 bits per heavy atom. The molecule has 0 saturated carbocycles. The van der Waals surface area contributed by atoms with Gasteiger partial charge in [-0.3, -0.25) is 9.59 Å². The Balaban J connectivity index is 1.50. The minimum atomic E-state index is -0.233. The summed E-state index contributed by atoms with van der Waals surface area (Å²) in [6, 6.07) is 15.5. The number of nitrogens with one attached hydrogen (secondary N) is 1. The number of carbonyl (C=O) groups is 2. The molecule has 1 aliphatic rings. The van der Waals surface area contributed by atoms with E-state index >= 15 is 0 Å². The zero-order valence-electron chi connectivity index (χ0n) is 17.0. The van der Waals surface area contributed by atoms with Crippen molar-refractivity contribution in [2.75, 3.05) is 31.2 Å². The molecule has 1 atom stereocenters. The first-order chi connectivity index (χ1) is 14.1. The number of benzene rings is 2. The van der Waals surface area contributed by atoms with E-state index in [4.69, 9.17) is 9.47 Å². The van der Waals surface area contributed by atoms with Crippen LogP contribution in [0.15, 0.2) is 48.5 Å². The van der Waals surface area contributed by atoms with Crippen LogP contribution in [0.4, 0.5) is 5.69 Å². The van der Waals surface area contributed by atoms with Gasteiger partial charge in [0.2, 0.25) is 5.91 Å². The highest BCUT2D eigenvalue weighted by Gasteiger charge is 2.27. The largest absolute Gasteiger partial charge is 0.494 e. The van der Waals surface area contributed by atoms with Crippen molar-refractivity contribution in [3.63, 3.8) is 0 Å². The highest BCUT2D eigenvalue weighted by Crippen LogP contribution is 2.19. The van der Waals surface area contributed by atoms with Gasteiger partial charge in [0.25, 0.3) is 5.91 Å². The van der Waals surface area contributed by atoms with Gasteiger partial charge in [0.05, 0.1) is 25.7 Å². The molecule has 1 heterocycles. The highest BCUT2D eigenvalue weighted by atomic mass is 16.5. The summed E-state index contributed by atoms with van der Waals surface area (Å²) in [6.45, 7) is 5.46. The third-order valence-electron chi connectivity index (χ3n) is 4.91. The molecule has 1 N–H and O–H groups in total. The Kier molecular flexibility index (Phi) is 7.25. The molecule has 2 aromatic carbocycles. The van der Waals surface area contributed by atoms with Crippen LogP contribution in [-0.4, -0.2) is 44.2 Å². The second-order valence-electron chi connectivity index (χ2n) is 7.02. The molecule has 3 rings (SSSR count). The van der Waals surface area contributed by atoms with E-state index in [9.17, 15) is 9.59 Å². The number of morpholine rings is 1. The van der Waals surface area contributed by atoms with Gasteiger partial charge in [0.15, 0.2) is 0 Å². The molecule has 0 aliphatic carbocycles. The summed E-state index contributed by atoms with van der Waals surface area (Å²) in [4.78, 5) is 26.3. The van der Waals surface area contributed by atoms with Crippen LogP contribution in [0.2, 0.25) is 0 Å². The molecule has 0 spiro atoms. The molecule has 6 heteroatoms. The van der Waals surface area contributed by atoms with Crippen LogP contribution in [0.25, 0.3) is 0 Å². The van der Waals surface area contributed by atoms with Crippen LogP contribution in [-0.2, 0) is 27.2 Å². The first-order valence-corrected chi connectivity index (χ1v) is 10.1. The Morgan fingerprint density at radius 3 is 2.45 bits per heavy atom. The van der Waals surface area contributed by atoms with Crippen LogP contribution in [0, 0.1) is 0 Å². The van der Waals surface area contributed by atoms with E-state index in [-0.39, 0.29) is 24.5 Å². The van der Waals surface area contributed by atoms with E-state index in [2.05, 4.69) is 12.2 Å². The monoisotopic (exact) mass is 396 g/mol. The third-order valence-corrected chi connectivity index (χ3v) is 4.91. The van der Waals surface area contributed by atoms with E-state index in [0.717, 1.165) is 23.4 Å². The van der Waals surface area contributed by atoms with E-state index < -0.39 is 0 Å². The number of hydrogen-bond acceptors (Lipinski definition) is 4. The van der Waals surface area contributed by atoms with Crippen molar-refractivity contribution in [2.45, 2.75) is 32.8 Å². The van der Waals surface area contributed by atoms with Gasteiger partial charge in [0.1, 0.15) is 12.4 Å². The lowest BCUT2D eigenvalue weighted by molar-refractivity contribution is -0.129. The predicted octanol–water partition coefficient (Wildman–Crippen LogP) is 2.74. The van der Waals surface area contributed by atoms with Gasteiger partial charge in [-0.1, -0.05) is 31.2 Å². The second kappa shape index (κ2) is 10.1. The zero-order valence-corrected chi connectivity index (χ0v) is 17.0. The molecule has 6 nitrogen and oxygen atoms in total. The van der Waals surface area contributed by atoms with Crippen LogP contribution in [0.1, 0.15) is 25.0 Å². The average Bonchev–Trinajstić information content (AvgIpc) is 2.75. The molecule has 0 aromatic heterocycles. The predicted molar refractivity (Wildman–Crippen MR) is 112 cm³/mol. The van der Waals surface area contributed by atoms with E-state index in [1.807, 2.05) is 55.5 Å². The molecule has 0 bridgehead atoms.